The van der Waals surface area contributed by atoms with Crippen molar-refractivity contribution >= 4 is 5.97 Å². The standard InChI is InChI=1S/C13H16O3/c1-13(2,12(14)15-3)10-4-5-11-9(8-10)6-7-16-11/h4-5,8H,6-7H2,1-3H3. The molecule has 0 unspecified atom stereocenters. The summed E-state index contributed by atoms with van der Waals surface area (Å²) in [5.41, 5.74) is 1.55. The van der Waals surface area contributed by atoms with Gasteiger partial charge in [-0.2, -0.15) is 0 Å². The highest BCUT2D eigenvalue weighted by Gasteiger charge is 2.31. The molecule has 0 amide bonds. The summed E-state index contributed by atoms with van der Waals surface area (Å²) in [5, 5.41) is 0. The van der Waals surface area contributed by atoms with Gasteiger partial charge in [0.05, 0.1) is 19.1 Å². The number of carbonyl (C=O) groups excluding carboxylic acids is 1. The summed E-state index contributed by atoms with van der Waals surface area (Å²) in [5.74, 6) is 0.718. The van der Waals surface area contributed by atoms with Crippen LogP contribution in [0.15, 0.2) is 18.2 Å². The Balaban J connectivity index is 2.37. The first-order valence-corrected chi connectivity index (χ1v) is 5.40. The Kier molecular flexibility index (Phi) is 2.62. The number of hydrogen-bond donors (Lipinski definition) is 0. The van der Waals surface area contributed by atoms with Crippen molar-refractivity contribution in [1.82, 2.24) is 0 Å². The van der Waals surface area contributed by atoms with Crippen LogP contribution in [0.3, 0.4) is 0 Å². The Morgan fingerprint density at radius 2 is 2.19 bits per heavy atom. The molecular formula is C13H16O3. The fourth-order valence-corrected chi connectivity index (χ4v) is 1.95. The van der Waals surface area contributed by atoms with E-state index in [9.17, 15) is 4.79 Å². The number of esters is 1. The first kappa shape index (κ1) is 11.0. The highest BCUT2D eigenvalue weighted by atomic mass is 16.5. The number of methoxy groups -OCH3 is 1. The van der Waals surface area contributed by atoms with E-state index in [0.29, 0.717) is 0 Å². The number of hydrogen-bond acceptors (Lipinski definition) is 3. The van der Waals surface area contributed by atoms with E-state index >= 15 is 0 Å². The molecule has 1 aliphatic rings. The summed E-state index contributed by atoms with van der Waals surface area (Å²) in [6.45, 7) is 4.48. The van der Waals surface area contributed by atoms with Gasteiger partial charge in [-0.15, -0.1) is 0 Å². The molecule has 0 fully saturated rings. The Morgan fingerprint density at radius 3 is 2.88 bits per heavy atom. The molecule has 1 aromatic rings. The highest BCUT2D eigenvalue weighted by Crippen LogP contribution is 2.32. The van der Waals surface area contributed by atoms with Gasteiger partial charge in [-0.3, -0.25) is 4.79 Å². The van der Waals surface area contributed by atoms with Crippen LogP contribution in [-0.4, -0.2) is 19.7 Å². The fraction of sp³-hybridized carbons (Fsp3) is 0.462. The van der Waals surface area contributed by atoms with E-state index in [1.165, 1.54) is 12.7 Å². The van der Waals surface area contributed by atoms with Crippen LogP contribution in [0.25, 0.3) is 0 Å². The summed E-state index contributed by atoms with van der Waals surface area (Å²) in [6, 6.07) is 5.91. The highest BCUT2D eigenvalue weighted by molar-refractivity contribution is 5.82. The lowest BCUT2D eigenvalue weighted by atomic mass is 9.84. The van der Waals surface area contributed by atoms with E-state index in [1.54, 1.807) is 0 Å². The average molecular weight is 220 g/mol. The first-order chi connectivity index (χ1) is 7.55. The third-order valence-electron chi connectivity index (χ3n) is 3.11. The molecule has 0 aliphatic carbocycles. The lowest BCUT2D eigenvalue weighted by Crippen LogP contribution is -2.30. The third-order valence-corrected chi connectivity index (χ3v) is 3.11. The van der Waals surface area contributed by atoms with Crippen LogP contribution < -0.4 is 4.74 Å². The largest absolute Gasteiger partial charge is 0.493 e. The first-order valence-electron chi connectivity index (χ1n) is 5.40. The van der Waals surface area contributed by atoms with Gasteiger partial charge in [0.15, 0.2) is 0 Å². The Bertz CT molecular complexity index is 421. The molecule has 0 aromatic heterocycles. The quantitative estimate of drug-likeness (QED) is 0.716. The predicted molar refractivity (Wildman–Crippen MR) is 60.7 cm³/mol. The van der Waals surface area contributed by atoms with Crippen LogP contribution in [0.2, 0.25) is 0 Å². The third kappa shape index (κ3) is 1.66. The number of fused-ring (bicyclic) bond motifs is 1. The maximum absolute atomic E-state index is 11.7. The minimum Gasteiger partial charge on any atom is -0.493 e. The van der Waals surface area contributed by atoms with Crippen LogP contribution >= 0.6 is 0 Å². The van der Waals surface area contributed by atoms with Gasteiger partial charge in [-0.1, -0.05) is 12.1 Å². The monoisotopic (exact) mass is 220 g/mol. The molecule has 0 N–H and O–H groups in total. The molecule has 1 aliphatic heterocycles. The zero-order chi connectivity index (χ0) is 11.8. The number of carbonyl (C=O) groups is 1. The number of rotatable bonds is 2. The summed E-state index contributed by atoms with van der Waals surface area (Å²) >= 11 is 0. The van der Waals surface area contributed by atoms with Crippen molar-refractivity contribution in [1.29, 1.82) is 0 Å². The number of benzene rings is 1. The van der Waals surface area contributed by atoms with Crippen LogP contribution in [0.1, 0.15) is 25.0 Å². The molecule has 0 saturated carbocycles. The summed E-state index contributed by atoms with van der Waals surface area (Å²) in [7, 11) is 1.42. The van der Waals surface area contributed by atoms with E-state index in [2.05, 4.69) is 0 Å². The van der Waals surface area contributed by atoms with E-state index < -0.39 is 5.41 Å². The number of ether oxygens (including phenoxy) is 2. The van der Waals surface area contributed by atoms with Crippen molar-refractivity contribution in [2.75, 3.05) is 13.7 Å². The van der Waals surface area contributed by atoms with E-state index in [4.69, 9.17) is 9.47 Å². The molecule has 3 heteroatoms. The van der Waals surface area contributed by atoms with Crippen LogP contribution in [0.5, 0.6) is 5.75 Å². The summed E-state index contributed by atoms with van der Waals surface area (Å²) < 4.78 is 10.3. The van der Waals surface area contributed by atoms with Gasteiger partial charge in [0, 0.05) is 6.42 Å². The Hall–Kier alpha value is -1.51. The Morgan fingerprint density at radius 1 is 1.44 bits per heavy atom. The lowest BCUT2D eigenvalue weighted by Gasteiger charge is -2.22. The molecule has 86 valence electrons. The molecule has 0 bridgehead atoms. The Labute approximate surface area is 95.4 Å². The van der Waals surface area contributed by atoms with Gasteiger partial charge in [-0.25, -0.2) is 0 Å². The van der Waals surface area contributed by atoms with Gasteiger partial charge in [0.25, 0.3) is 0 Å². The SMILES string of the molecule is COC(=O)C(C)(C)c1ccc2c(c1)CCO2. The van der Waals surface area contributed by atoms with E-state index in [0.717, 1.165) is 24.3 Å². The molecule has 0 saturated heterocycles. The zero-order valence-electron chi connectivity index (χ0n) is 9.87. The molecule has 2 rings (SSSR count). The maximum atomic E-state index is 11.7. The maximum Gasteiger partial charge on any atom is 0.315 e. The average Bonchev–Trinajstić information content (AvgIpc) is 2.74. The molecule has 3 nitrogen and oxygen atoms in total. The molecule has 1 heterocycles. The second-order valence-corrected chi connectivity index (χ2v) is 4.54. The van der Waals surface area contributed by atoms with Gasteiger partial charge in [-0.05, 0) is 31.0 Å². The van der Waals surface area contributed by atoms with Crippen molar-refractivity contribution < 1.29 is 14.3 Å². The molecule has 16 heavy (non-hydrogen) atoms. The lowest BCUT2D eigenvalue weighted by molar-refractivity contribution is -0.146. The van der Waals surface area contributed by atoms with Gasteiger partial charge in [0.1, 0.15) is 5.75 Å². The minimum atomic E-state index is -0.605. The van der Waals surface area contributed by atoms with Crippen LogP contribution in [0.4, 0.5) is 0 Å². The smallest absolute Gasteiger partial charge is 0.315 e. The van der Waals surface area contributed by atoms with Crippen molar-refractivity contribution in [3.05, 3.63) is 29.3 Å². The zero-order valence-corrected chi connectivity index (χ0v) is 9.87. The second-order valence-electron chi connectivity index (χ2n) is 4.54. The van der Waals surface area contributed by atoms with Crippen molar-refractivity contribution in [3.8, 4) is 5.75 Å². The van der Waals surface area contributed by atoms with E-state index in [-0.39, 0.29) is 5.97 Å². The molecule has 0 radical (unpaired) electrons. The van der Waals surface area contributed by atoms with E-state index in [1.807, 2.05) is 32.0 Å². The van der Waals surface area contributed by atoms with Gasteiger partial charge >= 0.3 is 5.97 Å². The van der Waals surface area contributed by atoms with Crippen LogP contribution in [0, 0.1) is 0 Å². The molecule has 0 spiro atoms. The second kappa shape index (κ2) is 3.81. The molecule has 1 aromatic carbocycles. The summed E-state index contributed by atoms with van der Waals surface area (Å²) in [4.78, 5) is 11.7. The van der Waals surface area contributed by atoms with Crippen LogP contribution in [-0.2, 0) is 21.4 Å². The van der Waals surface area contributed by atoms with Crippen molar-refractivity contribution in [2.24, 2.45) is 0 Å². The van der Waals surface area contributed by atoms with Crippen molar-refractivity contribution in [3.63, 3.8) is 0 Å². The van der Waals surface area contributed by atoms with Crippen molar-refractivity contribution in [2.45, 2.75) is 25.7 Å². The summed E-state index contributed by atoms with van der Waals surface area (Å²) in [6.07, 6.45) is 0.917. The molecular weight excluding hydrogens is 204 g/mol. The fourth-order valence-electron chi connectivity index (χ4n) is 1.95. The minimum absolute atomic E-state index is 0.216. The predicted octanol–water partition coefficient (Wildman–Crippen LogP) is 2.07. The topological polar surface area (TPSA) is 35.5 Å². The normalized spacial score (nSPS) is 14.2. The van der Waals surface area contributed by atoms with Gasteiger partial charge < -0.3 is 9.47 Å². The van der Waals surface area contributed by atoms with Gasteiger partial charge in [0.2, 0.25) is 0 Å². The molecule has 0 atom stereocenters.